The average Bonchev–Trinajstić information content (AvgIpc) is 3.10. The highest BCUT2D eigenvalue weighted by Crippen LogP contribution is 2.28. The number of nitrogens with one attached hydrogen (secondary N) is 1. The van der Waals surface area contributed by atoms with Gasteiger partial charge in [0.1, 0.15) is 11.5 Å². The number of nitrogens with zero attached hydrogens (tertiary/aromatic N) is 2. The second-order valence-corrected chi connectivity index (χ2v) is 4.90. The summed E-state index contributed by atoms with van der Waals surface area (Å²) in [5.74, 6) is -0.0736. The molecule has 0 bridgehead atoms. The average molecular weight is 289 g/mol. The molecule has 0 atom stereocenters. The van der Waals surface area contributed by atoms with Gasteiger partial charge in [0.15, 0.2) is 0 Å². The lowest BCUT2D eigenvalue weighted by atomic mass is 10.3. The van der Waals surface area contributed by atoms with Gasteiger partial charge in [0, 0.05) is 6.07 Å². The first-order chi connectivity index (χ1) is 10.2. The zero-order valence-electron chi connectivity index (χ0n) is 11.3. The van der Waals surface area contributed by atoms with Gasteiger partial charge in [-0.25, -0.2) is 9.89 Å². The van der Waals surface area contributed by atoms with Gasteiger partial charge in [-0.05, 0) is 37.8 Å². The Morgan fingerprint density at radius 1 is 1.29 bits per heavy atom. The van der Waals surface area contributed by atoms with Crippen molar-refractivity contribution >= 4 is 5.97 Å². The normalized spacial score (nSPS) is 15.0. The van der Waals surface area contributed by atoms with Crippen LogP contribution in [0, 0.1) is 0 Å². The number of H-pyrrole nitrogens is 1. The number of carboxylic acids is 1. The summed E-state index contributed by atoms with van der Waals surface area (Å²) in [6, 6.07) is 7.08. The molecule has 0 aliphatic heterocycles. The molecule has 1 aromatic heterocycles. The number of aromatic nitrogens is 3. The highest BCUT2D eigenvalue weighted by Gasteiger charge is 2.18. The van der Waals surface area contributed by atoms with Crippen LogP contribution in [0.4, 0.5) is 0 Å². The molecule has 3 rings (SSSR count). The van der Waals surface area contributed by atoms with Crippen molar-refractivity contribution in [3.05, 3.63) is 30.0 Å². The summed E-state index contributed by atoms with van der Waals surface area (Å²) < 4.78 is 11.3. The summed E-state index contributed by atoms with van der Waals surface area (Å²) in [6.07, 6.45) is 4.78. The molecule has 0 amide bonds. The lowest BCUT2D eigenvalue weighted by Crippen LogP contribution is -2.10. The molecule has 7 nitrogen and oxygen atoms in total. The van der Waals surface area contributed by atoms with E-state index in [1.165, 1.54) is 12.8 Å². The fraction of sp³-hybridized carbons (Fsp3) is 0.357. The van der Waals surface area contributed by atoms with Crippen molar-refractivity contribution in [3.8, 4) is 17.4 Å². The molecule has 21 heavy (non-hydrogen) atoms. The lowest BCUT2D eigenvalue weighted by Gasteiger charge is -2.13. The first kappa shape index (κ1) is 13.4. The summed E-state index contributed by atoms with van der Waals surface area (Å²) in [6.45, 7) is 0. The van der Waals surface area contributed by atoms with Crippen LogP contribution in [-0.2, 0) is 0 Å². The Balaban J connectivity index is 1.73. The van der Waals surface area contributed by atoms with E-state index >= 15 is 0 Å². The molecule has 0 radical (unpaired) electrons. The molecule has 1 saturated carbocycles. The highest BCUT2D eigenvalue weighted by atomic mass is 16.5. The minimum absolute atomic E-state index is 0.0690. The Hall–Kier alpha value is -2.57. The molecule has 1 aliphatic carbocycles. The minimum Gasteiger partial charge on any atom is -0.490 e. The Kier molecular flexibility index (Phi) is 3.72. The number of benzene rings is 1. The van der Waals surface area contributed by atoms with E-state index in [2.05, 4.69) is 15.4 Å². The number of hydrogen-bond donors (Lipinski definition) is 2. The van der Waals surface area contributed by atoms with Crippen LogP contribution in [0.1, 0.15) is 36.2 Å². The van der Waals surface area contributed by atoms with E-state index in [1.54, 1.807) is 18.2 Å². The fourth-order valence-corrected chi connectivity index (χ4v) is 2.35. The van der Waals surface area contributed by atoms with Crippen molar-refractivity contribution in [2.24, 2.45) is 0 Å². The molecular formula is C14H15N3O4. The zero-order chi connectivity index (χ0) is 14.7. The van der Waals surface area contributed by atoms with E-state index in [1.807, 2.05) is 6.07 Å². The Labute approximate surface area is 120 Å². The number of aromatic amines is 1. The van der Waals surface area contributed by atoms with Gasteiger partial charge in [-0.1, -0.05) is 16.4 Å². The van der Waals surface area contributed by atoms with Crippen molar-refractivity contribution in [1.82, 2.24) is 15.4 Å². The molecule has 0 spiro atoms. The van der Waals surface area contributed by atoms with Crippen molar-refractivity contribution in [3.63, 3.8) is 0 Å². The molecule has 1 heterocycles. The van der Waals surface area contributed by atoms with E-state index in [0.717, 1.165) is 12.8 Å². The van der Waals surface area contributed by atoms with Gasteiger partial charge in [0.2, 0.25) is 5.69 Å². The number of aromatic carboxylic acids is 1. The van der Waals surface area contributed by atoms with Crippen LogP contribution >= 0.6 is 0 Å². The van der Waals surface area contributed by atoms with Crippen molar-refractivity contribution in [2.45, 2.75) is 31.8 Å². The second-order valence-electron chi connectivity index (χ2n) is 4.90. The molecule has 1 fully saturated rings. The van der Waals surface area contributed by atoms with Gasteiger partial charge >= 0.3 is 5.97 Å². The van der Waals surface area contributed by atoms with Gasteiger partial charge < -0.3 is 14.6 Å². The maximum Gasteiger partial charge on any atom is 0.359 e. The molecule has 7 heteroatoms. The lowest BCUT2D eigenvalue weighted by molar-refractivity contribution is 0.0687. The largest absolute Gasteiger partial charge is 0.490 e. The summed E-state index contributed by atoms with van der Waals surface area (Å²) in [5.41, 5.74) is -0.183. The van der Waals surface area contributed by atoms with Crippen LogP contribution in [0.3, 0.4) is 0 Å². The van der Waals surface area contributed by atoms with Gasteiger partial charge in [-0.2, -0.15) is 0 Å². The molecule has 2 N–H and O–H groups in total. The molecule has 110 valence electrons. The zero-order valence-corrected chi connectivity index (χ0v) is 11.3. The van der Waals surface area contributed by atoms with Crippen molar-refractivity contribution in [2.75, 3.05) is 0 Å². The van der Waals surface area contributed by atoms with Crippen LogP contribution in [-0.4, -0.2) is 32.6 Å². The van der Waals surface area contributed by atoms with Crippen LogP contribution in [0.15, 0.2) is 24.3 Å². The maximum atomic E-state index is 11.0. The molecule has 0 saturated heterocycles. The smallest absolute Gasteiger partial charge is 0.359 e. The van der Waals surface area contributed by atoms with E-state index in [4.69, 9.17) is 14.6 Å². The van der Waals surface area contributed by atoms with E-state index in [9.17, 15) is 4.79 Å². The highest BCUT2D eigenvalue weighted by molar-refractivity contribution is 5.87. The van der Waals surface area contributed by atoms with Gasteiger partial charge in [-0.3, -0.25) is 0 Å². The van der Waals surface area contributed by atoms with Crippen molar-refractivity contribution < 1.29 is 19.4 Å². The van der Waals surface area contributed by atoms with Gasteiger partial charge in [0.25, 0.3) is 5.88 Å². The number of carboxylic acid groups (broad SMARTS) is 1. The second kappa shape index (κ2) is 5.82. The number of hydrogen-bond acceptors (Lipinski definition) is 5. The molecule has 1 aliphatic rings. The Morgan fingerprint density at radius 2 is 2.05 bits per heavy atom. The van der Waals surface area contributed by atoms with Gasteiger partial charge in [-0.15, -0.1) is 0 Å². The molecule has 0 unspecified atom stereocenters. The minimum atomic E-state index is -1.17. The van der Waals surface area contributed by atoms with E-state index < -0.39 is 5.97 Å². The predicted molar refractivity (Wildman–Crippen MR) is 72.7 cm³/mol. The predicted octanol–water partition coefficient (Wildman–Crippen LogP) is 2.62. The summed E-state index contributed by atoms with van der Waals surface area (Å²) in [5, 5.41) is 18.3. The summed E-state index contributed by atoms with van der Waals surface area (Å²) in [4.78, 5) is 11.0. The topological polar surface area (TPSA) is 97.3 Å². The maximum absolute atomic E-state index is 11.0. The SMILES string of the molecule is O=C(O)c1[nH]nnc1Oc1cccc(OC2CCCC2)c1. The van der Waals surface area contributed by atoms with Crippen LogP contribution in [0.25, 0.3) is 0 Å². The number of ether oxygens (including phenoxy) is 2. The van der Waals surface area contributed by atoms with Crippen LogP contribution in [0.2, 0.25) is 0 Å². The van der Waals surface area contributed by atoms with Gasteiger partial charge in [0.05, 0.1) is 6.10 Å². The third-order valence-electron chi connectivity index (χ3n) is 3.36. The number of carbonyl (C=O) groups is 1. The standard InChI is InChI=1S/C14H15N3O4/c18-14(19)12-13(16-17-15-12)21-11-7-3-6-10(8-11)20-9-4-1-2-5-9/h3,6-9H,1-2,4-5H2,(H,18,19)(H,15,16,17). The fourth-order valence-electron chi connectivity index (χ4n) is 2.35. The Bertz CT molecular complexity index is 635. The summed E-state index contributed by atoms with van der Waals surface area (Å²) in [7, 11) is 0. The first-order valence-corrected chi connectivity index (χ1v) is 6.81. The molecule has 1 aromatic carbocycles. The third kappa shape index (κ3) is 3.13. The van der Waals surface area contributed by atoms with Crippen LogP contribution < -0.4 is 9.47 Å². The monoisotopic (exact) mass is 289 g/mol. The first-order valence-electron chi connectivity index (χ1n) is 6.81. The molecule has 2 aromatic rings. The summed E-state index contributed by atoms with van der Waals surface area (Å²) >= 11 is 0. The Morgan fingerprint density at radius 3 is 2.81 bits per heavy atom. The third-order valence-corrected chi connectivity index (χ3v) is 3.36. The van der Waals surface area contributed by atoms with Crippen molar-refractivity contribution in [1.29, 1.82) is 0 Å². The van der Waals surface area contributed by atoms with E-state index in [-0.39, 0.29) is 17.7 Å². The van der Waals surface area contributed by atoms with Crippen LogP contribution in [0.5, 0.6) is 17.4 Å². The van der Waals surface area contributed by atoms with E-state index in [0.29, 0.717) is 11.5 Å². The number of rotatable bonds is 5. The quantitative estimate of drug-likeness (QED) is 0.878. The molecular weight excluding hydrogens is 274 g/mol.